The summed E-state index contributed by atoms with van der Waals surface area (Å²) in [6.07, 6.45) is 3.75. The molecule has 1 aliphatic heterocycles. The lowest BCUT2D eigenvalue weighted by molar-refractivity contribution is 0.257. The number of benzene rings is 1. The third kappa shape index (κ3) is 4.07. The van der Waals surface area contributed by atoms with Crippen molar-refractivity contribution >= 4 is 19.9 Å². The Morgan fingerprint density at radius 1 is 1.14 bits per heavy atom. The lowest BCUT2D eigenvalue weighted by Crippen LogP contribution is -2.47. The largest absolute Gasteiger partial charge is 0.329 e. The van der Waals surface area contributed by atoms with Crippen molar-refractivity contribution in [3.8, 4) is 0 Å². The standard InChI is InChI=1S/C14H22N2O4S2/c1-21(17,18)11-12-5-7-14(8-6-12)22(19,20)16-9-3-2-4-13(16)10-15/h5-8,13H,2-4,9-11,15H2,1H3. The van der Waals surface area contributed by atoms with Crippen LogP contribution in [0.5, 0.6) is 0 Å². The fourth-order valence-corrected chi connectivity index (χ4v) is 5.22. The van der Waals surface area contributed by atoms with Gasteiger partial charge in [0.25, 0.3) is 0 Å². The molecule has 2 rings (SSSR count). The fourth-order valence-electron chi connectivity index (χ4n) is 2.72. The molecule has 1 atom stereocenters. The quantitative estimate of drug-likeness (QED) is 0.848. The predicted molar refractivity (Wildman–Crippen MR) is 85.6 cm³/mol. The molecule has 1 unspecified atom stereocenters. The van der Waals surface area contributed by atoms with E-state index in [0.717, 1.165) is 25.5 Å². The average Bonchev–Trinajstić information content (AvgIpc) is 2.46. The van der Waals surface area contributed by atoms with Gasteiger partial charge in [-0.25, -0.2) is 16.8 Å². The van der Waals surface area contributed by atoms with Gasteiger partial charge < -0.3 is 5.73 Å². The first-order chi connectivity index (χ1) is 10.2. The number of sulfone groups is 1. The Bertz CT molecular complexity index is 712. The van der Waals surface area contributed by atoms with Crippen LogP contribution in [0.3, 0.4) is 0 Å². The highest BCUT2D eigenvalue weighted by Crippen LogP contribution is 2.25. The van der Waals surface area contributed by atoms with Gasteiger partial charge >= 0.3 is 0 Å². The van der Waals surface area contributed by atoms with E-state index in [-0.39, 0.29) is 16.7 Å². The molecular weight excluding hydrogens is 324 g/mol. The molecule has 1 aliphatic rings. The van der Waals surface area contributed by atoms with Crippen molar-refractivity contribution in [1.82, 2.24) is 4.31 Å². The Hall–Kier alpha value is -0.960. The van der Waals surface area contributed by atoms with Crippen LogP contribution in [0, 0.1) is 0 Å². The van der Waals surface area contributed by atoms with Crippen molar-refractivity contribution in [3.63, 3.8) is 0 Å². The van der Waals surface area contributed by atoms with Gasteiger partial charge in [-0.3, -0.25) is 0 Å². The van der Waals surface area contributed by atoms with Crippen LogP contribution >= 0.6 is 0 Å². The molecule has 0 amide bonds. The molecule has 1 heterocycles. The van der Waals surface area contributed by atoms with E-state index in [0.29, 0.717) is 18.7 Å². The van der Waals surface area contributed by atoms with E-state index >= 15 is 0 Å². The molecule has 1 aromatic carbocycles. The second kappa shape index (κ2) is 6.66. The summed E-state index contributed by atoms with van der Waals surface area (Å²) in [5.41, 5.74) is 6.27. The third-order valence-electron chi connectivity index (χ3n) is 3.80. The Morgan fingerprint density at radius 3 is 2.32 bits per heavy atom. The number of sulfonamides is 1. The summed E-state index contributed by atoms with van der Waals surface area (Å²) in [6.45, 7) is 0.792. The first kappa shape index (κ1) is 17.4. The van der Waals surface area contributed by atoms with Crippen LogP contribution in [0.2, 0.25) is 0 Å². The van der Waals surface area contributed by atoms with Crippen LogP contribution in [0.25, 0.3) is 0 Å². The zero-order valence-electron chi connectivity index (χ0n) is 12.6. The van der Waals surface area contributed by atoms with E-state index < -0.39 is 19.9 Å². The number of nitrogens with two attached hydrogens (primary N) is 1. The minimum atomic E-state index is -3.58. The van der Waals surface area contributed by atoms with Crippen molar-refractivity contribution in [2.24, 2.45) is 5.73 Å². The van der Waals surface area contributed by atoms with Crippen molar-refractivity contribution in [1.29, 1.82) is 0 Å². The summed E-state index contributed by atoms with van der Waals surface area (Å²) in [5.74, 6) is -0.0948. The maximum atomic E-state index is 12.7. The molecule has 2 N–H and O–H groups in total. The monoisotopic (exact) mass is 346 g/mol. The Labute approximate surface area is 132 Å². The van der Waals surface area contributed by atoms with E-state index in [1.54, 1.807) is 12.1 Å². The van der Waals surface area contributed by atoms with E-state index in [2.05, 4.69) is 0 Å². The van der Waals surface area contributed by atoms with Gasteiger partial charge in [0.2, 0.25) is 10.0 Å². The minimum Gasteiger partial charge on any atom is -0.329 e. The molecule has 1 aromatic rings. The number of piperidine rings is 1. The second-order valence-electron chi connectivity index (χ2n) is 5.72. The Morgan fingerprint density at radius 2 is 1.77 bits per heavy atom. The summed E-state index contributed by atoms with van der Waals surface area (Å²) in [5, 5.41) is 0. The molecule has 0 saturated carbocycles. The molecular formula is C14H22N2O4S2. The molecule has 0 aliphatic carbocycles. The van der Waals surface area contributed by atoms with Crippen LogP contribution < -0.4 is 5.73 Å². The Balaban J connectivity index is 2.25. The van der Waals surface area contributed by atoms with Gasteiger partial charge in [-0.1, -0.05) is 18.6 Å². The first-order valence-corrected chi connectivity index (χ1v) is 10.7. The van der Waals surface area contributed by atoms with Gasteiger partial charge in [0.1, 0.15) is 0 Å². The molecule has 0 spiro atoms. The molecule has 0 bridgehead atoms. The van der Waals surface area contributed by atoms with E-state index in [1.165, 1.54) is 16.4 Å². The van der Waals surface area contributed by atoms with E-state index in [1.807, 2.05) is 0 Å². The highest BCUT2D eigenvalue weighted by Gasteiger charge is 2.32. The summed E-state index contributed by atoms with van der Waals surface area (Å²) in [4.78, 5) is 0.185. The maximum absolute atomic E-state index is 12.7. The topological polar surface area (TPSA) is 97.5 Å². The number of rotatable bonds is 5. The first-order valence-electron chi connectivity index (χ1n) is 7.22. The molecule has 124 valence electrons. The van der Waals surface area contributed by atoms with Gasteiger partial charge in [0.15, 0.2) is 9.84 Å². The highest BCUT2D eigenvalue weighted by atomic mass is 32.2. The molecule has 0 aromatic heterocycles. The van der Waals surface area contributed by atoms with Crippen LogP contribution in [0.15, 0.2) is 29.2 Å². The van der Waals surface area contributed by atoms with Crippen molar-refractivity contribution in [2.45, 2.75) is 36.0 Å². The van der Waals surface area contributed by atoms with E-state index in [9.17, 15) is 16.8 Å². The number of hydrogen-bond donors (Lipinski definition) is 1. The van der Waals surface area contributed by atoms with Gasteiger partial charge in [0, 0.05) is 25.4 Å². The van der Waals surface area contributed by atoms with Gasteiger partial charge in [0.05, 0.1) is 10.6 Å². The Kier molecular flexibility index (Phi) is 5.26. The zero-order chi connectivity index (χ0) is 16.4. The summed E-state index contributed by atoms with van der Waals surface area (Å²) >= 11 is 0. The zero-order valence-corrected chi connectivity index (χ0v) is 14.2. The maximum Gasteiger partial charge on any atom is 0.243 e. The smallest absolute Gasteiger partial charge is 0.243 e. The normalized spacial score (nSPS) is 20.9. The third-order valence-corrected chi connectivity index (χ3v) is 6.63. The van der Waals surface area contributed by atoms with Crippen LogP contribution in [0.4, 0.5) is 0 Å². The van der Waals surface area contributed by atoms with Gasteiger partial charge in [-0.2, -0.15) is 4.31 Å². The average molecular weight is 346 g/mol. The summed E-state index contributed by atoms with van der Waals surface area (Å²) < 4.78 is 49.4. The van der Waals surface area contributed by atoms with Crippen LogP contribution in [-0.4, -0.2) is 46.5 Å². The molecule has 22 heavy (non-hydrogen) atoms. The summed E-state index contributed by atoms with van der Waals surface area (Å²) in [6, 6.07) is 5.88. The van der Waals surface area contributed by atoms with Crippen LogP contribution in [-0.2, 0) is 25.6 Å². The minimum absolute atomic E-state index is 0.0948. The van der Waals surface area contributed by atoms with Gasteiger partial charge in [-0.05, 0) is 30.5 Å². The molecule has 1 saturated heterocycles. The number of hydrogen-bond acceptors (Lipinski definition) is 5. The van der Waals surface area contributed by atoms with E-state index in [4.69, 9.17) is 5.73 Å². The lowest BCUT2D eigenvalue weighted by Gasteiger charge is -2.33. The molecule has 6 nitrogen and oxygen atoms in total. The number of nitrogens with zero attached hydrogens (tertiary/aromatic N) is 1. The molecule has 8 heteroatoms. The predicted octanol–water partition coefficient (Wildman–Crippen LogP) is 0.733. The second-order valence-corrected chi connectivity index (χ2v) is 9.75. The SMILES string of the molecule is CS(=O)(=O)Cc1ccc(S(=O)(=O)N2CCCCC2CN)cc1. The molecule has 1 fully saturated rings. The summed E-state index contributed by atoms with van der Waals surface area (Å²) in [7, 11) is -6.71. The van der Waals surface area contributed by atoms with Crippen molar-refractivity contribution in [3.05, 3.63) is 29.8 Å². The lowest BCUT2D eigenvalue weighted by atomic mass is 10.1. The fraction of sp³-hybridized carbons (Fsp3) is 0.571. The van der Waals surface area contributed by atoms with Crippen molar-refractivity contribution < 1.29 is 16.8 Å². The van der Waals surface area contributed by atoms with Crippen LogP contribution in [0.1, 0.15) is 24.8 Å². The van der Waals surface area contributed by atoms with Gasteiger partial charge in [-0.15, -0.1) is 0 Å². The molecule has 0 radical (unpaired) electrons. The van der Waals surface area contributed by atoms with Crippen molar-refractivity contribution in [2.75, 3.05) is 19.3 Å². The highest BCUT2D eigenvalue weighted by molar-refractivity contribution is 7.90.